The molecule has 0 aliphatic carbocycles. The summed E-state index contributed by atoms with van der Waals surface area (Å²) < 4.78 is 16.7. The maximum absolute atomic E-state index is 13.4. The van der Waals surface area contributed by atoms with E-state index < -0.39 is 117 Å². The standard InChI is InChI=1S/C41H68N4O14/c1-4-7-10-13-18-36(51)57-27-41(28-58-37(52)19-14-11-8-5-2,29-59-38(53)20-15-12-9-6-3)44-33(47)23-22-32(46)42-26-34(48)45-25-16-17-31(45)39(54)43-30(40(55)56)21-24-35(49)50/h30-31H,4-29H2,1-3H3,(H,42,46)(H,43,54)(H,44,47)(H,49,50)(H,55,56). The van der Waals surface area contributed by atoms with Gasteiger partial charge >= 0.3 is 29.8 Å². The van der Waals surface area contributed by atoms with Crippen molar-refractivity contribution >= 4 is 53.5 Å². The van der Waals surface area contributed by atoms with Gasteiger partial charge in [0.25, 0.3) is 0 Å². The number of likely N-dealkylation sites (tertiary alicyclic amines) is 1. The summed E-state index contributed by atoms with van der Waals surface area (Å²) in [5.74, 6) is -7.05. The lowest BCUT2D eigenvalue weighted by atomic mass is 10.0. The molecule has 336 valence electrons. The zero-order chi connectivity index (χ0) is 44.1. The van der Waals surface area contributed by atoms with Crippen LogP contribution in [0.15, 0.2) is 0 Å². The van der Waals surface area contributed by atoms with Gasteiger partial charge in [-0.25, -0.2) is 4.79 Å². The quantitative estimate of drug-likeness (QED) is 0.0359. The number of carbonyl (C=O) groups is 9. The van der Waals surface area contributed by atoms with Crippen molar-refractivity contribution in [3.05, 3.63) is 0 Å². The molecule has 4 amide bonds. The topological polar surface area (TPSA) is 261 Å². The van der Waals surface area contributed by atoms with Crippen molar-refractivity contribution in [3.8, 4) is 0 Å². The molecule has 1 saturated heterocycles. The van der Waals surface area contributed by atoms with E-state index in [0.717, 1.165) is 57.8 Å². The Kier molecular flexibility index (Phi) is 26.8. The molecule has 18 heteroatoms. The minimum atomic E-state index is -1.67. The van der Waals surface area contributed by atoms with Crippen LogP contribution in [0.4, 0.5) is 0 Å². The number of nitrogens with one attached hydrogen (secondary N) is 3. The van der Waals surface area contributed by atoms with E-state index in [4.69, 9.17) is 19.3 Å². The number of hydrogen-bond acceptors (Lipinski definition) is 12. The van der Waals surface area contributed by atoms with Gasteiger partial charge in [-0.05, 0) is 38.5 Å². The molecule has 0 aromatic rings. The number of carbonyl (C=O) groups excluding carboxylic acids is 7. The molecule has 5 N–H and O–H groups in total. The summed E-state index contributed by atoms with van der Waals surface area (Å²) >= 11 is 0. The maximum Gasteiger partial charge on any atom is 0.326 e. The van der Waals surface area contributed by atoms with E-state index in [2.05, 4.69) is 16.0 Å². The van der Waals surface area contributed by atoms with Crippen LogP contribution in [0.1, 0.15) is 156 Å². The average molecular weight is 841 g/mol. The molecule has 0 aromatic heterocycles. The van der Waals surface area contributed by atoms with Crippen molar-refractivity contribution in [1.82, 2.24) is 20.9 Å². The summed E-state index contributed by atoms with van der Waals surface area (Å²) in [5.41, 5.74) is -1.67. The minimum absolute atomic E-state index is 0.121. The first-order chi connectivity index (χ1) is 28.2. The first-order valence-corrected chi connectivity index (χ1v) is 21.3. The van der Waals surface area contributed by atoms with E-state index in [0.29, 0.717) is 25.7 Å². The molecule has 2 atom stereocenters. The van der Waals surface area contributed by atoms with Crippen LogP contribution >= 0.6 is 0 Å². The molecule has 1 rings (SSSR count). The molecule has 1 fully saturated rings. The third kappa shape index (κ3) is 23.4. The molecular formula is C41H68N4O14. The SMILES string of the molecule is CCCCCCC(=O)OCC(COC(=O)CCCCCC)(COC(=O)CCCCCC)NC(=O)CCC(=O)NCC(=O)N1CCCC1C(=O)NC(CCC(=O)O)C(=O)O. The van der Waals surface area contributed by atoms with Crippen LogP contribution in [0.5, 0.6) is 0 Å². The van der Waals surface area contributed by atoms with Crippen molar-refractivity contribution in [1.29, 1.82) is 0 Å². The molecule has 1 aliphatic heterocycles. The van der Waals surface area contributed by atoms with Gasteiger partial charge in [-0.15, -0.1) is 0 Å². The lowest BCUT2D eigenvalue weighted by molar-refractivity contribution is -0.159. The van der Waals surface area contributed by atoms with Gasteiger partial charge in [-0.2, -0.15) is 0 Å². The normalized spacial score (nSPS) is 14.2. The Balaban J connectivity index is 3.00. The molecule has 0 spiro atoms. The number of carboxylic acid groups (broad SMARTS) is 2. The van der Waals surface area contributed by atoms with Gasteiger partial charge in [-0.3, -0.25) is 38.4 Å². The summed E-state index contributed by atoms with van der Waals surface area (Å²) in [6.45, 7) is 4.33. The zero-order valence-electron chi connectivity index (χ0n) is 35.3. The number of rotatable bonds is 33. The Morgan fingerprint density at radius 1 is 0.644 bits per heavy atom. The number of amides is 4. The molecule has 1 aliphatic rings. The monoisotopic (exact) mass is 840 g/mol. The minimum Gasteiger partial charge on any atom is -0.481 e. The van der Waals surface area contributed by atoms with Crippen molar-refractivity contribution in [2.45, 2.75) is 173 Å². The highest BCUT2D eigenvalue weighted by Gasteiger charge is 2.38. The number of ether oxygens (including phenoxy) is 3. The molecule has 18 nitrogen and oxygen atoms in total. The van der Waals surface area contributed by atoms with Gasteiger partial charge in [0.2, 0.25) is 23.6 Å². The van der Waals surface area contributed by atoms with Gasteiger partial charge in [0, 0.05) is 45.1 Å². The fraction of sp³-hybridized carbons (Fsp3) is 0.780. The highest BCUT2D eigenvalue weighted by Crippen LogP contribution is 2.19. The lowest BCUT2D eigenvalue weighted by Crippen LogP contribution is -2.59. The highest BCUT2D eigenvalue weighted by atomic mass is 16.6. The van der Waals surface area contributed by atoms with E-state index in [1.54, 1.807) is 0 Å². The van der Waals surface area contributed by atoms with E-state index in [1.807, 2.05) is 20.8 Å². The second-order valence-electron chi connectivity index (χ2n) is 15.1. The van der Waals surface area contributed by atoms with Crippen LogP contribution in [-0.4, -0.2) is 119 Å². The number of hydrogen-bond donors (Lipinski definition) is 5. The highest BCUT2D eigenvalue weighted by molar-refractivity contribution is 5.93. The number of nitrogens with zero attached hydrogens (tertiary/aromatic N) is 1. The molecule has 0 radical (unpaired) electrons. The Labute approximate surface area is 347 Å². The summed E-state index contributed by atoms with van der Waals surface area (Å²) in [5, 5.41) is 25.7. The first kappa shape index (κ1) is 52.2. The number of esters is 3. The summed E-state index contributed by atoms with van der Waals surface area (Å²) in [6, 6.07) is -2.49. The van der Waals surface area contributed by atoms with Gasteiger partial charge in [0.15, 0.2) is 0 Å². The molecule has 59 heavy (non-hydrogen) atoms. The molecular weight excluding hydrogens is 772 g/mol. The maximum atomic E-state index is 13.4. The third-order valence-electron chi connectivity index (χ3n) is 9.79. The van der Waals surface area contributed by atoms with Crippen LogP contribution in [-0.2, 0) is 57.4 Å². The number of unbranched alkanes of at least 4 members (excludes halogenated alkanes) is 9. The van der Waals surface area contributed by atoms with Gasteiger partial charge < -0.3 is 45.3 Å². The van der Waals surface area contributed by atoms with Crippen molar-refractivity contribution in [2.75, 3.05) is 32.9 Å². The van der Waals surface area contributed by atoms with Crippen molar-refractivity contribution in [3.63, 3.8) is 0 Å². The Morgan fingerprint density at radius 2 is 1.12 bits per heavy atom. The van der Waals surface area contributed by atoms with E-state index in [1.165, 1.54) is 4.90 Å². The molecule has 0 aromatic carbocycles. The van der Waals surface area contributed by atoms with Crippen molar-refractivity contribution < 1.29 is 67.6 Å². The van der Waals surface area contributed by atoms with Crippen LogP contribution in [0, 0.1) is 0 Å². The van der Waals surface area contributed by atoms with E-state index in [-0.39, 0.29) is 38.6 Å². The fourth-order valence-electron chi connectivity index (χ4n) is 6.27. The lowest BCUT2D eigenvalue weighted by Gasteiger charge is -2.33. The number of carboxylic acids is 2. The Bertz CT molecular complexity index is 1300. The average Bonchev–Trinajstić information content (AvgIpc) is 3.70. The first-order valence-electron chi connectivity index (χ1n) is 21.3. The third-order valence-corrected chi connectivity index (χ3v) is 9.79. The molecule has 1 heterocycles. The van der Waals surface area contributed by atoms with E-state index >= 15 is 0 Å². The second-order valence-corrected chi connectivity index (χ2v) is 15.1. The fourth-order valence-corrected chi connectivity index (χ4v) is 6.27. The van der Waals surface area contributed by atoms with Crippen LogP contribution in [0.3, 0.4) is 0 Å². The van der Waals surface area contributed by atoms with Gasteiger partial charge in [0.05, 0.1) is 6.54 Å². The van der Waals surface area contributed by atoms with Crippen LogP contribution in [0.25, 0.3) is 0 Å². The summed E-state index contributed by atoms with van der Waals surface area (Å²) in [6.07, 6.45) is 9.38. The van der Waals surface area contributed by atoms with Gasteiger partial charge in [-0.1, -0.05) is 78.6 Å². The van der Waals surface area contributed by atoms with Crippen LogP contribution < -0.4 is 16.0 Å². The molecule has 2 unspecified atom stereocenters. The molecule has 0 bridgehead atoms. The predicted octanol–water partition coefficient (Wildman–Crippen LogP) is 3.70. The predicted molar refractivity (Wildman–Crippen MR) is 213 cm³/mol. The second kappa shape index (κ2) is 30.3. The smallest absolute Gasteiger partial charge is 0.326 e. The summed E-state index contributed by atoms with van der Waals surface area (Å²) in [4.78, 5) is 114. The van der Waals surface area contributed by atoms with Gasteiger partial charge in [0.1, 0.15) is 37.4 Å². The van der Waals surface area contributed by atoms with Crippen molar-refractivity contribution in [2.24, 2.45) is 0 Å². The molecule has 0 saturated carbocycles. The van der Waals surface area contributed by atoms with E-state index in [9.17, 15) is 48.3 Å². The summed E-state index contributed by atoms with van der Waals surface area (Å²) in [7, 11) is 0. The largest absolute Gasteiger partial charge is 0.481 e. The Morgan fingerprint density at radius 3 is 1.56 bits per heavy atom. The number of aliphatic carboxylic acids is 2. The van der Waals surface area contributed by atoms with Crippen LogP contribution in [0.2, 0.25) is 0 Å². The zero-order valence-corrected chi connectivity index (χ0v) is 35.3. The Hall–Kier alpha value is -4.77.